The van der Waals surface area contributed by atoms with Crippen LogP contribution in [0.1, 0.15) is 22.3 Å². The number of fused-ring (bicyclic) bond motifs is 1. The van der Waals surface area contributed by atoms with Crippen LogP contribution in [0.5, 0.6) is 0 Å². The van der Waals surface area contributed by atoms with E-state index >= 15 is 0 Å². The zero-order chi connectivity index (χ0) is 18.3. The van der Waals surface area contributed by atoms with Crippen LogP contribution in [0.25, 0.3) is 21.3 Å². The highest BCUT2D eigenvalue weighted by Crippen LogP contribution is 2.38. The van der Waals surface area contributed by atoms with E-state index in [2.05, 4.69) is 84.8 Å². The fourth-order valence-corrected chi connectivity index (χ4v) is 4.01. The molecule has 0 saturated heterocycles. The highest BCUT2D eigenvalue weighted by molar-refractivity contribution is 7.17. The molecule has 0 bridgehead atoms. The summed E-state index contributed by atoms with van der Waals surface area (Å²) in [6, 6.07) is 13.0. The number of aromatic nitrogens is 2. The third kappa shape index (κ3) is 2.97. The number of aryl methyl sites for hydroxylation is 4. The third-order valence-electron chi connectivity index (χ3n) is 4.83. The number of benzene rings is 2. The molecule has 2 aromatic heterocycles. The Morgan fingerprint density at radius 3 is 2.46 bits per heavy atom. The molecule has 2 aromatic carbocycles. The van der Waals surface area contributed by atoms with Crippen molar-refractivity contribution in [3.63, 3.8) is 0 Å². The number of rotatable bonds is 3. The summed E-state index contributed by atoms with van der Waals surface area (Å²) in [6.07, 6.45) is 1.64. The first-order valence-corrected chi connectivity index (χ1v) is 9.55. The lowest BCUT2D eigenvalue weighted by molar-refractivity contribution is 1.22. The quantitative estimate of drug-likeness (QED) is 0.464. The Morgan fingerprint density at radius 2 is 1.65 bits per heavy atom. The molecule has 4 rings (SSSR count). The molecule has 0 aliphatic heterocycles. The summed E-state index contributed by atoms with van der Waals surface area (Å²) < 4.78 is 0. The van der Waals surface area contributed by atoms with Crippen molar-refractivity contribution in [2.45, 2.75) is 27.7 Å². The highest BCUT2D eigenvalue weighted by atomic mass is 32.1. The van der Waals surface area contributed by atoms with Crippen molar-refractivity contribution in [3.8, 4) is 11.1 Å². The fourth-order valence-electron chi connectivity index (χ4n) is 3.09. The second-order valence-corrected chi connectivity index (χ2v) is 7.65. The van der Waals surface area contributed by atoms with Crippen molar-refractivity contribution >= 4 is 33.1 Å². The van der Waals surface area contributed by atoms with Crippen molar-refractivity contribution < 1.29 is 0 Å². The van der Waals surface area contributed by atoms with Crippen LogP contribution >= 0.6 is 11.3 Å². The summed E-state index contributed by atoms with van der Waals surface area (Å²) in [5.74, 6) is 0.859. The molecule has 0 saturated carbocycles. The Labute approximate surface area is 157 Å². The van der Waals surface area contributed by atoms with Gasteiger partial charge in [0.25, 0.3) is 0 Å². The van der Waals surface area contributed by atoms with Crippen LogP contribution in [0, 0.1) is 27.7 Å². The summed E-state index contributed by atoms with van der Waals surface area (Å²) in [7, 11) is 0. The van der Waals surface area contributed by atoms with Gasteiger partial charge in [0.1, 0.15) is 17.0 Å². The second kappa shape index (κ2) is 6.54. The van der Waals surface area contributed by atoms with Gasteiger partial charge in [0.05, 0.1) is 5.39 Å². The molecule has 4 aromatic rings. The number of hydrogen-bond acceptors (Lipinski definition) is 4. The van der Waals surface area contributed by atoms with E-state index in [1.165, 1.54) is 33.4 Å². The van der Waals surface area contributed by atoms with Crippen molar-refractivity contribution in [3.05, 3.63) is 70.4 Å². The lowest BCUT2D eigenvalue weighted by atomic mass is 10.0. The van der Waals surface area contributed by atoms with Gasteiger partial charge in [0, 0.05) is 16.6 Å². The molecule has 26 heavy (non-hydrogen) atoms. The van der Waals surface area contributed by atoms with E-state index in [9.17, 15) is 0 Å². The Hall–Kier alpha value is -2.72. The molecule has 1 N–H and O–H groups in total. The largest absolute Gasteiger partial charge is 0.339 e. The lowest BCUT2D eigenvalue weighted by Crippen LogP contribution is -1.98. The van der Waals surface area contributed by atoms with E-state index in [1.54, 1.807) is 17.7 Å². The number of nitrogens with zero attached hydrogens (tertiary/aromatic N) is 2. The maximum atomic E-state index is 4.56. The van der Waals surface area contributed by atoms with E-state index in [-0.39, 0.29) is 0 Å². The molecule has 0 spiro atoms. The molecule has 0 radical (unpaired) electrons. The monoisotopic (exact) mass is 359 g/mol. The third-order valence-corrected chi connectivity index (χ3v) is 5.72. The summed E-state index contributed by atoms with van der Waals surface area (Å²) in [4.78, 5) is 10.0. The highest BCUT2D eigenvalue weighted by Gasteiger charge is 2.14. The predicted octanol–water partition coefficient (Wildman–Crippen LogP) is 6.34. The Balaban J connectivity index is 1.87. The molecule has 4 heteroatoms. The number of nitrogens with one attached hydrogen (secondary N) is 1. The Kier molecular flexibility index (Phi) is 4.21. The second-order valence-electron chi connectivity index (χ2n) is 6.79. The maximum absolute atomic E-state index is 4.56. The van der Waals surface area contributed by atoms with E-state index < -0.39 is 0 Å². The summed E-state index contributed by atoms with van der Waals surface area (Å²) >= 11 is 1.66. The number of hydrogen-bond donors (Lipinski definition) is 1. The van der Waals surface area contributed by atoms with Gasteiger partial charge in [-0.15, -0.1) is 11.3 Å². The van der Waals surface area contributed by atoms with Gasteiger partial charge in [-0.2, -0.15) is 0 Å². The van der Waals surface area contributed by atoms with Crippen molar-refractivity contribution in [1.29, 1.82) is 0 Å². The van der Waals surface area contributed by atoms with Crippen LogP contribution in [0.4, 0.5) is 11.5 Å². The first kappa shape index (κ1) is 16.7. The molecular weight excluding hydrogens is 338 g/mol. The first-order valence-electron chi connectivity index (χ1n) is 8.67. The minimum atomic E-state index is 0.859. The average molecular weight is 359 g/mol. The SMILES string of the molecule is Cc1ccc(C)c(Nc2ncnc3scc(-c4ccc(C)c(C)c4)c23)c1. The van der Waals surface area contributed by atoms with Gasteiger partial charge in [-0.25, -0.2) is 9.97 Å². The summed E-state index contributed by atoms with van der Waals surface area (Å²) in [6.45, 7) is 8.50. The normalized spacial score (nSPS) is 11.1. The van der Waals surface area contributed by atoms with Gasteiger partial charge in [-0.3, -0.25) is 0 Å². The Bertz CT molecular complexity index is 1110. The Morgan fingerprint density at radius 1 is 0.846 bits per heavy atom. The zero-order valence-electron chi connectivity index (χ0n) is 15.4. The molecule has 0 aliphatic rings. The summed E-state index contributed by atoms with van der Waals surface area (Å²) in [5.41, 5.74) is 8.50. The molecular formula is C22H21N3S. The van der Waals surface area contributed by atoms with Crippen LogP contribution in [0.3, 0.4) is 0 Å². The minimum absolute atomic E-state index is 0.859. The fraction of sp³-hybridized carbons (Fsp3) is 0.182. The van der Waals surface area contributed by atoms with Crippen LogP contribution in [-0.2, 0) is 0 Å². The van der Waals surface area contributed by atoms with E-state index in [1.807, 2.05) is 0 Å². The standard InChI is InChI=1S/C22H21N3S/c1-13-5-6-15(3)19(9-13)25-21-20-18(11-26-22(20)24-12-23-21)17-8-7-14(2)16(4)10-17/h5-12H,1-4H3,(H,23,24,25). The van der Waals surface area contributed by atoms with Gasteiger partial charge >= 0.3 is 0 Å². The number of anilines is 2. The molecule has 3 nitrogen and oxygen atoms in total. The molecule has 0 fully saturated rings. The first-order chi connectivity index (χ1) is 12.5. The van der Waals surface area contributed by atoms with Crippen LogP contribution < -0.4 is 5.32 Å². The maximum Gasteiger partial charge on any atom is 0.143 e. The van der Waals surface area contributed by atoms with Crippen molar-refractivity contribution in [1.82, 2.24) is 9.97 Å². The van der Waals surface area contributed by atoms with Crippen LogP contribution in [-0.4, -0.2) is 9.97 Å². The van der Waals surface area contributed by atoms with Crippen molar-refractivity contribution in [2.24, 2.45) is 0 Å². The molecule has 130 valence electrons. The summed E-state index contributed by atoms with van der Waals surface area (Å²) in [5, 5.41) is 6.80. The van der Waals surface area contributed by atoms with Gasteiger partial charge in [0.15, 0.2) is 0 Å². The lowest BCUT2D eigenvalue weighted by Gasteiger charge is -2.12. The molecule has 0 amide bonds. The van der Waals surface area contributed by atoms with Crippen molar-refractivity contribution in [2.75, 3.05) is 5.32 Å². The van der Waals surface area contributed by atoms with Gasteiger partial charge in [0.2, 0.25) is 0 Å². The van der Waals surface area contributed by atoms with Gasteiger partial charge in [-0.1, -0.05) is 30.3 Å². The molecule has 0 unspecified atom stereocenters. The van der Waals surface area contributed by atoms with Crippen LogP contribution in [0.2, 0.25) is 0 Å². The van der Waals surface area contributed by atoms with E-state index in [4.69, 9.17) is 0 Å². The molecule has 2 heterocycles. The van der Waals surface area contributed by atoms with E-state index in [0.717, 1.165) is 21.7 Å². The molecule has 0 aliphatic carbocycles. The van der Waals surface area contributed by atoms with E-state index in [0.29, 0.717) is 0 Å². The predicted molar refractivity (Wildman–Crippen MR) is 112 cm³/mol. The number of thiophene rings is 1. The molecule has 0 atom stereocenters. The van der Waals surface area contributed by atoms with Crippen LogP contribution in [0.15, 0.2) is 48.1 Å². The smallest absolute Gasteiger partial charge is 0.143 e. The average Bonchev–Trinajstić information content (AvgIpc) is 3.06. The minimum Gasteiger partial charge on any atom is -0.339 e. The van der Waals surface area contributed by atoms with Gasteiger partial charge < -0.3 is 5.32 Å². The topological polar surface area (TPSA) is 37.8 Å². The zero-order valence-corrected chi connectivity index (χ0v) is 16.2. The van der Waals surface area contributed by atoms with Gasteiger partial charge in [-0.05, 0) is 61.6 Å².